The first-order valence-corrected chi connectivity index (χ1v) is 11.6. The number of aryl methyl sites for hydroxylation is 2. The molecule has 182 valence electrons. The molecule has 1 atom stereocenters. The van der Waals surface area contributed by atoms with Gasteiger partial charge in [0.05, 0.1) is 24.0 Å². The first-order chi connectivity index (χ1) is 17.4. The smallest absolute Gasteiger partial charge is 0.257 e. The highest BCUT2D eigenvalue weighted by Gasteiger charge is 2.14. The van der Waals surface area contributed by atoms with Crippen LogP contribution in [-0.4, -0.2) is 42.7 Å². The van der Waals surface area contributed by atoms with Crippen molar-refractivity contribution in [3.63, 3.8) is 0 Å². The summed E-state index contributed by atoms with van der Waals surface area (Å²) in [6.07, 6.45) is 8.92. The molecule has 4 N–H and O–H groups in total. The van der Waals surface area contributed by atoms with Gasteiger partial charge in [0.15, 0.2) is 5.65 Å². The molecular formula is C26H27N9O. The number of aromatic amines is 1. The van der Waals surface area contributed by atoms with E-state index in [0.29, 0.717) is 22.7 Å². The van der Waals surface area contributed by atoms with Gasteiger partial charge in [-0.3, -0.25) is 9.48 Å². The SMILES string of the molecule is CNc1ncc(C(=O)Nc2cccc([C@H](C)Nc3cnc4[nH]cc(-c5cnn(C)c5)c4n3)c2)cc1C. The van der Waals surface area contributed by atoms with Crippen LogP contribution in [-0.2, 0) is 7.05 Å². The summed E-state index contributed by atoms with van der Waals surface area (Å²) in [5.74, 6) is 1.19. The normalized spacial score (nSPS) is 11.9. The highest BCUT2D eigenvalue weighted by atomic mass is 16.1. The largest absolute Gasteiger partial charge is 0.373 e. The van der Waals surface area contributed by atoms with Crippen molar-refractivity contribution in [2.45, 2.75) is 19.9 Å². The van der Waals surface area contributed by atoms with Crippen LogP contribution < -0.4 is 16.0 Å². The molecule has 10 nitrogen and oxygen atoms in total. The average Bonchev–Trinajstić information content (AvgIpc) is 3.49. The lowest BCUT2D eigenvalue weighted by Crippen LogP contribution is -2.14. The Morgan fingerprint density at radius 3 is 2.75 bits per heavy atom. The van der Waals surface area contributed by atoms with Crippen molar-refractivity contribution < 1.29 is 4.79 Å². The summed E-state index contributed by atoms with van der Waals surface area (Å²) in [7, 11) is 3.68. The number of aromatic nitrogens is 6. The Morgan fingerprint density at radius 1 is 1.14 bits per heavy atom. The molecule has 0 saturated heterocycles. The first kappa shape index (κ1) is 23.0. The van der Waals surface area contributed by atoms with E-state index in [9.17, 15) is 4.79 Å². The van der Waals surface area contributed by atoms with Crippen LogP contribution in [0.2, 0.25) is 0 Å². The molecule has 4 aromatic heterocycles. The number of rotatable bonds is 7. The number of nitrogens with one attached hydrogen (secondary N) is 4. The number of anilines is 3. The zero-order valence-electron chi connectivity index (χ0n) is 20.5. The molecule has 0 bridgehead atoms. The fraction of sp³-hybridized carbons (Fsp3) is 0.192. The topological polar surface area (TPSA) is 125 Å². The fourth-order valence-corrected chi connectivity index (χ4v) is 4.10. The lowest BCUT2D eigenvalue weighted by atomic mass is 10.1. The fourth-order valence-electron chi connectivity index (χ4n) is 4.10. The minimum absolute atomic E-state index is 0.0757. The standard InChI is InChI=1S/C26H27N9O/c1-15-8-18(10-28-24(15)27-3)26(36)33-20-7-5-6-17(9-20)16(2)32-22-13-30-25-23(34-22)21(12-29-25)19-11-31-35(4)14-19/h5-14,16H,1-4H3,(H,27,28)(H,29,30)(H,32,34)(H,33,36)/t16-/m0/s1. The number of fused-ring (bicyclic) bond motifs is 1. The Labute approximate surface area is 208 Å². The summed E-state index contributed by atoms with van der Waals surface area (Å²) in [6, 6.07) is 9.47. The summed E-state index contributed by atoms with van der Waals surface area (Å²) >= 11 is 0. The van der Waals surface area contributed by atoms with Gasteiger partial charge < -0.3 is 20.9 Å². The maximum atomic E-state index is 12.8. The van der Waals surface area contributed by atoms with Crippen molar-refractivity contribution in [2.24, 2.45) is 7.05 Å². The first-order valence-electron chi connectivity index (χ1n) is 11.6. The summed E-state index contributed by atoms with van der Waals surface area (Å²) in [4.78, 5) is 29.5. The second-order valence-corrected chi connectivity index (χ2v) is 8.64. The highest BCUT2D eigenvalue weighted by Crippen LogP contribution is 2.28. The lowest BCUT2D eigenvalue weighted by molar-refractivity contribution is 0.102. The maximum Gasteiger partial charge on any atom is 0.257 e. The third-order valence-electron chi connectivity index (χ3n) is 5.98. The predicted octanol–water partition coefficient (Wildman–Crippen LogP) is 4.53. The number of carbonyl (C=O) groups excluding carboxylic acids is 1. The van der Waals surface area contributed by atoms with E-state index in [-0.39, 0.29) is 11.9 Å². The molecule has 10 heteroatoms. The van der Waals surface area contributed by atoms with Crippen LogP contribution >= 0.6 is 0 Å². The van der Waals surface area contributed by atoms with E-state index >= 15 is 0 Å². The Kier molecular flexibility index (Phi) is 6.07. The van der Waals surface area contributed by atoms with Crippen molar-refractivity contribution in [2.75, 3.05) is 23.0 Å². The minimum Gasteiger partial charge on any atom is -0.373 e. The van der Waals surface area contributed by atoms with E-state index in [1.54, 1.807) is 30.3 Å². The monoisotopic (exact) mass is 481 g/mol. The van der Waals surface area contributed by atoms with Gasteiger partial charge in [-0.15, -0.1) is 0 Å². The van der Waals surface area contributed by atoms with Crippen LogP contribution in [0.15, 0.2) is 61.3 Å². The van der Waals surface area contributed by atoms with E-state index in [0.717, 1.165) is 33.6 Å². The summed E-state index contributed by atoms with van der Waals surface area (Å²) < 4.78 is 1.76. The van der Waals surface area contributed by atoms with Gasteiger partial charge in [-0.25, -0.2) is 15.0 Å². The number of carbonyl (C=O) groups is 1. The third kappa shape index (κ3) is 4.61. The second-order valence-electron chi connectivity index (χ2n) is 8.64. The van der Waals surface area contributed by atoms with Crippen LogP contribution in [0.4, 0.5) is 17.3 Å². The van der Waals surface area contributed by atoms with Crippen molar-refractivity contribution in [1.29, 1.82) is 0 Å². The zero-order chi connectivity index (χ0) is 25.2. The van der Waals surface area contributed by atoms with Crippen LogP contribution in [0.1, 0.15) is 34.5 Å². The number of amides is 1. The maximum absolute atomic E-state index is 12.8. The molecule has 0 spiro atoms. The van der Waals surface area contributed by atoms with Gasteiger partial charge in [0.1, 0.15) is 17.2 Å². The highest BCUT2D eigenvalue weighted by molar-refractivity contribution is 6.04. The number of pyridine rings is 1. The van der Waals surface area contributed by atoms with Gasteiger partial charge in [0.25, 0.3) is 5.91 Å². The summed E-state index contributed by atoms with van der Waals surface area (Å²) in [6.45, 7) is 3.95. The molecule has 4 heterocycles. The lowest BCUT2D eigenvalue weighted by Gasteiger charge is -2.16. The van der Waals surface area contributed by atoms with Crippen LogP contribution in [0.3, 0.4) is 0 Å². The molecule has 36 heavy (non-hydrogen) atoms. The van der Waals surface area contributed by atoms with Crippen molar-refractivity contribution >= 4 is 34.4 Å². The summed E-state index contributed by atoms with van der Waals surface area (Å²) in [5, 5.41) is 13.6. The number of hydrogen-bond acceptors (Lipinski definition) is 7. The molecule has 0 radical (unpaired) electrons. The second kappa shape index (κ2) is 9.49. The molecule has 1 aromatic carbocycles. The Morgan fingerprint density at radius 2 is 2.00 bits per heavy atom. The van der Waals surface area contributed by atoms with Crippen molar-refractivity contribution in [1.82, 2.24) is 29.7 Å². The molecule has 0 fully saturated rings. The van der Waals surface area contributed by atoms with E-state index in [1.807, 2.05) is 63.6 Å². The van der Waals surface area contributed by atoms with Gasteiger partial charge in [0.2, 0.25) is 0 Å². The average molecular weight is 482 g/mol. The minimum atomic E-state index is -0.210. The van der Waals surface area contributed by atoms with Crippen molar-refractivity contribution in [3.05, 3.63) is 78.0 Å². The molecule has 0 saturated carbocycles. The molecule has 1 amide bonds. The number of hydrogen-bond donors (Lipinski definition) is 4. The molecule has 0 aliphatic heterocycles. The van der Waals surface area contributed by atoms with Gasteiger partial charge >= 0.3 is 0 Å². The Hall–Kier alpha value is -4.73. The molecule has 0 aliphatic rings. The van der Waals surface area contributed by atoms with E-state index in [2.05, 4.69) is 36.0 Å². The number of nitrogens with zero attached hydrogens (tertiary/aromatic N) is 5. The zero-order valence-corrected chi connectivity index (χ0v) is 20.5. The molecule has 0 unspecified atom stereocenters. The Balaban J connectivity index is 1.32. The summed E-state index contributed by atoms with van der Waals surface area (Å²) in [5.41, 5.74) is 6.51. The molecule has 0 aliphatic carbocycles. The van der Waals surface area contributed by atoms with Gasteiger partial charge in [0, 0.05) is 49.5 Å². The van der Waals surface area contributed by atoms with E-state index in [1.165, 1.54) is 0 Å². The van der Waals surface area contributed by atoms with Crippen LogP contribution in [0.25, 0.3) is 22.3 Å². The number of H-pyrrole nitrogens is 1. The van der Waals surface area contributed by atoms with Gasteiger partial charge in [-0.05, 0) is 43.2 Å². The van der Waals surface area contributed by atoms with Gasteiger partial charge in [-0.2, -0.15) is 5.10 Å². The Bertz CT molecular complexity index is 1550. The van der Waals surface area contributed by atoms with Crippen molar-refractivity contribution in [3.8, 4) is 11.1 Å². The number of benzene rings is 1. The van der Waals surface area contributed by atoms with Crippen LogP contribution in [0.5, 0.6) is 0 Å². The molecular weight excluding hydrogens is 454 g/mol. The predicted molar refractivity (Wildman–Crippen MR) is 141 cm³/mol. The van der Waals surface area contributed by atoms with Crippen LogP contribution in [0, 0.1) is 6.92 Å². The third-order valence-corrected chi connectivity index (χ3v) is 5.98. The van der Waals surface area contributed by atoms with E-state index < -0.39 is 0 Å². The molecule has 5 rings (SSSR count). The quantitative estimate of drug-likeness (QED) is 0.269. The molecule has 5 aromatic rings. The van der Waals surface area contributed by atoms with Gasteiger partial charge in [-0.1, -0.05) is 12.1 Å². The van der Waals surface area contributed by atoms with E-state index in [4.69, 9.17) is 4.98 Å².